The summed E-state index contributed by atoms with van der Waals surface area (Å²) in [6.07, 6.45) is -8.40. The second kappa shape index (κ2) is 15.5. The van der Waals surface area contributed by atoms with Gasteiger partial charge in [-0.05, 0) is 27.7 Å². The van der Waals surface area contributed by atoms with Crippen LogP contribution < -0.4 is 0 Å². The van der Waals surface area contributed by atoms with Crippen molar-refractivity contribution in [2.24, 2.45) is 0 Å². The van der Waals surface area contributed by atoms with E-state index in [4.69, 9.17) is 18.9 Å². The molecule has 0 aromatic carbocycles. The van der Waals surface area contributed by atoms with Crippen LogP contribution in [0.3, 0.4) is 0 Å². The SMILES string of the molecule is CC(O)CC(=O)OCC(OC(=O)CC(C)O)C(COC(=O)CC(C)O)OC(=O)CC(C)O. The number of carbonyl (C=O) groups excluding carboxylic acids is 4. The summed E-state index contributed by atoms with van der Waals surface area (Å²) in [5.41, 5.74) is 0. The molecule has 4 N–H and O–H groups in total. The molecule has 12 heteroatoms. The van der Waals surface area contributed by atoms with Crippen LogP contribution in [0.4, 0.5) is 0 Å². The zero-order chi connectivity index (χ0) is 24.8. The molecule has 0 saturated carbocycles. The van der Waals surface area contributed by atoms with Crippen molar-refractivity contribution < 1.29 is 58.6 Å². The third kappa shape index (κ3) is 15.5. The zero-order valence-electron chi connectivity index (χ0n) is 18.8. The van der Waals surface area contributed by atoms with E-state index >= 15 is 0 Å². The fourth-order valence-corrected chi connectivity index (χ4v) is 2.30. The molecular weight excluding hydrogens is 432 g/mol. The fraction of sp³-hybridized carbons (Fsp3) is 0.800. The lowest BCUT2D eigenvalue weighted by Crippen LogP contribution is -2.43. The molecule has 186 valence electrons. The lowest BCUT2D eigenvalue weighted by molar-refractivity contribution is -0.184. The van der Waals surface area contributed by atoms with Crippen molar-refractivity contribution in [1.29, 1.82) is 0 Å². The first-order valence-electron chi connectivity index (χ1n) is 10.2. The summed E-state index contributed by atoms with van der Waals surface area (Å²) in [7, 11) is 0. The van der Waals surface area contributed by atoms with Crippen molar-refractivity contribution in [2.75, 3.05) is 13.2 Å². The van der Waals surface area contributed by atoms with Crippen LogP contribution in [0.2, 0.25) is 0 Å². The van der Waals surface area contributed by atoms with Gasteiger partial charge in [0.25, 0.3) is 0 Å². The summed E-state index contributed by atoms with van der Waals surface area (Å²) < 4.78 is 20.3. The number of aliphatic hydroxyl groups is 4. The maximum Gasteiger partial charge on any atom is 0.308 e. The third-order valence-corrected chi connectivity index (χ3v) is 3.65. The number of hydrogen-bond donors (Lipinski definition) is 4. The summed E-state index contributed by atoms with van der Waals surface area (Å²) in [4.78, 5) is 47.7. The van der Waals surface area contributed by atoms with Crippen LogP contribution >= 0.6 is 0 Å². The van der Waals surface area contributed by atoms with Crippen molar-refractivity contribution >= 4 is 23.9 Å². The van der Waals surface area contributed by atoms with Gasteiger partial charge in [-0.15, -0.1) is 0 Å². The van der Waals surface area contributed by atoms with Gasteiger partial charge in [0.15, 0.2) is 12.2 Å². The Hall–Kier alpha value is -2.28. The lowest BCUT2D eigenvalue weighted by atomic mass is 10.2. The molecule has 6 unspecified atom stereocenters. The Morgan fingerprint density at radius 3 is 1.03 bits per heavy atom. The monoisotopic (exact) mass is 466 g/mol. The van der Waals surface area contributed by atoms with Crippen molar-refractivity contribution in [3.8, 4) is 0 Å². The zero-order valence-corrected chi connectivity index (χ0v) is 18.8. The minimum Gasteiger partial charge on any atom is -0.461 e. The van der Waals surface area contributed by atoms with Gasteiger partial charge < -0.3 is 39.4 Å². The maximum atomic E-state index is 12.1. The predicted molar refractivity (Wildman–Crippen MR) is 107 cm³/mol. The van der Waals surface area contributed by atoms with Crippen LogP contribution in [0.15, 0.2) is 0 Å². The number of hydrogen-bond acceptors (Lipinski definition) is 12. The van der Waals surface area contributed by atoms with E-state index in [1.54, 1.807) is 0 Å². The topological polar surface area (TPSA) is 186 Å². The third-order valence-electron chi connectivity index (χ3n) is 3.65. The van der Waals surface area contributed by atoms with Gasteiger partial charge in [-0.2, -0.15) is 0 Å². The van der Waals surface area contributed by atoms with E-state index in [1.807, 2.05) is 0 Å². The second-order valence-electron chi connectivity index (χ2n) is 7.64. The van der Waals surface area contributed by atoms with Crippen molar-refractivity contribution in [3.05, 3.63) is 0 Å². The van der Waals surface area contributed by atoms with Crippen LogP contribution in [-0.4, -0.2) is 94.1 Å². The highest BCUT2D eigenvalue weighted by molar-refractivity contribution is 5.72. The summed E-state index contributed by atoms with van der Waals surface area (Å²) in [5.74, 6) is -3.44. The number of ether oxygens (including phenoxy) is 4. The molecule has 32 heavy (non-hydrogen) atoms. The van der Waals surface area contributed by atoms with Gasteiger partial charge in [0.1, 0.15) is 13.2 Å². The summed E-state index contributed by atoms with van der Waals surface area (Å²) in [6.45, 7) is 4.22. The number of esters is 4. The van der Waals surface area contributed by atoms with Crippen LogP contribution in [0.5, 0.6) is 0 Å². The Labute approximate surface area is 186 Å². The molecule has 0 radical (unpaired) electrons. The van der Waals surface area contributed by atoms with Crippen LogP contribution in [-0.2, 0) is 38.1 Å². The Bertz CT molecular complexity index is 547. The predicted octanol–water partition coefficient (Wildman–Crippen LogP) is -1.02. The minimum atomic E-state index is -1.42. The molecule has 12 nitrogen and oxygen atoms in total. The van der Waals surface area contributed by atoms with Gasteiger partial charge in [-0.25, -0.2) is 0 Å². The molecule has 0 amide bonds. The quantitative estimate of drug-likeness (QED) is 0.170. The van der Waals surface area contributed by atoms with E-state index in [2.05, 4.69) is 0 Å². The molecule has 0 bridgehead atoms. The van der Waals surface area contributed by atoms with E-state index in [1.165, 1.54) is 27.7 Å². The summed E-state index contributed by atoms with van der Waals surface area (Å²) >= 11 is 0. The smallest absolute Gasteiger partial charge is 0.308 e. The van der Waals surface area contributed by atoms with Crippen LogP contribution in [0.1, 0.15) is 53.4 Å². The van der Waals surface area contributed by atoms with E-state index < -0.39 is 86.6 Å². The van der Waals surface area contributed by atoms with E-state index in [9.17, 15) is 39.6 Å². The molecule has 0 saturated heterocycles. The molecule has 0 aromatic heterocycles. The number of aliphatic hydroxyl groups excluding tert-OH is 4. The fourth-order valence-electron chi connectivity index (χ4n) is 2.30. The van der Waals surface area contributed by atoms with E-state index in [0.29, 0.717) is 0 Å². The molecule has 0 aromatic rings. The standard InChI is InChI=1S/C20H34O12/c1-11(21)5-17(25)29-9-15(31-19(27)7-13(3)23)16(32-20(28)8-14(4)24)10-30-18(26)6-12(2)22/h11-16,21-24H,5-10H2,1-4H3. The normalized spacial score (nSPS) is 16.6. The van der Waals surface area contributed by atoms with Crippen LogP contribution in [0, 0.1) is 0 Å². The molecule has 0 fully saturated rings. The molecule has 0 spiro atoms. The van der Waals surface area contributed by atoms with Gasteiger partial charge in [0.05, 0.1) is 50.1 Å². The minimum absolute atomic E-state index is 0.343. The highest BCUT2D eigenvalue weighted by Crippen LogP contribution is 2.13. The Kier molecular flexibility index (Phi) is 14.4. The Morgan fingerprint density at radius 1 is 0.531 bits per heavy atom. The Morgan fingerprint density at radius 2 is 0.781 bits per heavy atom. The molecule has 0 aliphatic rings. The number of carbonyl (C=O) groups is 4. The first-order valence-corrected chi connectivity index (χ1v) is 10.2. The van der Waals surface area contributed by atoms with E-state index in [-0.39, 0.29) is 12.8 Å². The van der Waals surface area contributed by atoms with Crippen LogP contribution in [0.25, 0.3) is 0 Å². The number of rotatable bonds is 15. The van der Waals surface area contributed by atoms with Gasteiger partial charge in [0, 0.05) is 0 Å². The molecule has 0 aliphatic heterocycles. The van der Waals surface area contributed by atoms with Gasteiger partial charge >= 0.3 is 23.9 Å². The van der Waals surface area contributed by atoms with Gasteiger partial charge in [0.2, 0.25) is 0 Å². The first-order chi connectivity index (χ1) is 14.8. The first kappa shape index (κ1) is 29.7. The molecule has 6 atom stereocenters. The summed E-state index contributed by atoms with van der Waals surface area (Å²) in [5, 5.41) is 37.3. The summed E-state index contributed by atoms with van der Waals surface area (Å²) in [6, 6.07) is 0. The average molecular weight is 466 g/mol. The van der Waals surface area contributed by atoms with E-state index in [0.717, 1.165) is 0 Å². The van der Waals surface area contributed by atoms with Gasteiger partial charge in [-0.3, -0.25) is 19.2 Å². The maximum absolute atomic E-state index is 12.1. The van der Waals surface area contributed by atoms with Crippen molar-refractivity contribution in [3.63, 3.8) is 0 Å². The molecule has 0 aliphatic carbocycles. The molecule has 0 rings (SSSR count). The highest BCUT2D eigenvalue weighted by Gasteiger charge is 2.32. The largest absolute Gasteiger partial charge is 0.461 e. The molecule has 0 heterocycles. The Balaban J connectivity index is 5.49. The molecular formula is C20H34O12. The highest BCUT2D eigenvalue weighted by atomic mass is 16.6. The van der Waals surface area contributed by atoms with Crippen molar-refractivity contribution in [2.45, 2.75) is 90.0 Å². The average Bonchev–Trinajstić information content (AvgIpc) is 2.59. The van der Waals surface area contributed by atoms with Crippen molar-refractivity contribution in [1.82, 2.24) is 0 Å². The second-order valence-corrected chi connectivity index (χ2v) is 7.64. The lowest BCUT2D eigenvalue weighted by Gasteiger charge is -2.27. The van der Waals surface area contributed by atoms with Gasteiger partial charge in [-0.1, -0.05) is 0 Å².